The normalized spacial score (nSPS) is 16.7. The fraction of sp³-hybridized carbons (Fsp3) is 0.474. The van der Waals surface area contributed by atoms with Crippen LogP contribution in [0.5, 0.6) is 0 Å². The van der Waals surface area contributed by atoms with E-state index in [1.807, 2.05) is 25.1 Å². The largest absolute Gasteiger partial charge is 0.337 e. The Morgan fingerprint density at radius 1 is 1.36 bits per heavy atom. The van der Waals surface area contributed by atoms with Crippen molar-refractivity contribution in [3.63, 3.8) is 0 Å². The van der Waals surface area contributed by atoms with Crippen molar-refractivity contribution in [2.75, 3.05) is 27.2 Å². The standard InChI is InChI=1S/C19H25FN4O/c1-23(2)9-10-24(13-14-5-3-6-15(20)11-14)19(25)16-7-4-8-18-17(16)12-21-22-18/h3,5-6,11-12,16H,4,7-10,13H2,1-2H3,(H,21,22). The molecule has 3 rings (SSSR count). The number of nitrogens with one attached hydrogen (secondary N) is 1. The van der Waals surface area contributed by atoms with Gasteiger partial charge >= 0.3 is 0 Å². The van der Waals surface area contributed by atoms with Crippen LogP contribution in [0.3, 0.4) is 0 Å². The molecule has 0 spiro atoms. The number of aryl methyl sites for hydroxylation is 1. The molecule has 1 unspecified atom stereocenters. The summed E-state index contributed by atoms with van der Waals surface area (Å²) < 4.78 is 13.5. The maximum absolute atomic E-state index is 13.5. The SMILES string of the molecule is CN(C)CCN(Cc1cccc(F)c1)C(=O)C1CCCc2[nH]ncc21. The maximum Gasteiger partial charge on any atom is 0.230 e. The van der Waals surface area contributed by atoms with Gasteiger partial charge in [0.15, 0.2) is 0 Å². The van der Waals surface area contributed by atoms with E-state index in [2.05, 4.69) is 15.1 Å². The van der Waals surface area contributed by atoms with Gasteiger partial charge in [-0.15, -0.1) is 0 Å². The average molecular weight is 344 g/mol. The van der Waals surface area contributed by atoms with E-state index in [1.54, 1.807) is 12.3 Å². The number of benzene rings is 1. The molecule has 1 amide bonds. The number of carbonyl (C=O) groups excluding carboxylic acids is 1. The molecular formula is C19H25FN4O. The number of carbonyl (C=O) groups is 1. The van der Waals surface area contributed by atoms with Gasteiger partial charge in [0.05, 0.1) is 12.1 Å². The Morgan fingerprint density at radius 3 is 2.96 bits per heavy atom. The van der Waals surface area contributed by atoms with Gasteiger partial charge in [-0.1, -0.05) is 12.1 Å². The highest BCUT2D eigenvalue weighted by molar-refractivity contribution is 5.84. The Kier molecular flexibility index (Phi) is 5.48. The third kappa shape index (κ3) is 4.25. The number of amides is 1. The van der Waals surface area contributed by atoms with Gasteiger partial charge in [-0.05, 0) is 51.1 Å². The number of rotatable bonds is 6. The number of hydrogen-bond donors (Lipinski definition) is 1. The summed E-state index contributed by atoms with van der Waals surface area (Å²) in [6.45, 7) is 1.81. The van der Waals surface area contributed by atoms with E-state index in [0.29, 0.717) is 13.1 Å². The van der Waals surface area contributed by atoms with Crippen LogP contribution < -0.4 is 0 Å². The zero-order chi connectivity index (χ0) is 17.8. The van der Waals surface area contributed by atoms with Crippen molar-refractivity contribution in [2.45, 2.75) is 31.7 Å². The zero-order valence-electron chi connectivity index (χ0n) is 14.8. The van der Waals surface area contributed by atoms with Crippen molar-refractivity contribution in [2.24, 2.45) is 0 Å². The van der Waals surface area contributed by atoms with Crippen LogP contribution in [-0.4, -0.2) is 53.1 Å². The molecule has 2 aromatic rings. The van der Waals surface area contributed by atoms with Crippen molar-refractivity contribution in [3.8, 4) is 0 Å². The van der Waals surface area contributed by atoms with Crippen LogP contribution in [0, 0.1) is 5.82 Å². The lowest BCUT2D eigenvalue weighted by Crippen LogP contribution is -2.39. The van der Waals surface area contributed by atoms with Gasteiger partial charge in [0, 0.05) is 30.9 Å². The topological polar surface area (TPSA) is 52.2 Å². The molecule has 0 bridgehead atoms. The predicted molar refractivity (Wildman–Crippen MR) is 94.6 cm³/mol. The van der Waals surface area contributed by atoms with E-state index in [4.69, 9.17) is 0 Å². The Labute approximate surface area is 147 Å². The number of aromatic amines is 1. The molecule has 0 aliphatic heterocycles. The summed E-state index contributed by atoms with van der Waals surface area (Å²) >= 11 is 0. The molecule has 1 aliphatic rings. The van der Waals surface area contributed by atoms with Gasteiger partial charge in [0.25, 0.3) is 0 Å². The van der Waals surface area contributed by atoms with E-state index < -0.39 is 0 Å². The number of fused-ring (bicyclic) bond motifs is 1. The summed E-state index contributed by atoms with van der Waals surface area (Å²) in [4.78, 5) is 17.1. The van der Waals surface area contributed by atoms with Gasteiger partial charge < -0.3 is 9.80 Å². The van der Waals surface area contributed by atoms with Crippen molar-refractivity contribution < 1.29 is 9.18 Å². The predicted octanol–water partition coefficient (Wildman–Crippen LogP) is 2.56. The number of nitrogens with zero attached hydrogens (tertiary/aromatic N) is 3. The Bertz CT molecular complexity index is 728. The molecule has 5 nitrogen and oxygen atoms in total. The van der Waals surface area contributed by atoms with Crippen LogP contribution in [0.15, 0.2) is 30.5 Å². The van der Waals surface area contributed by atoms with Crippen LogP contribution in [0.1, 0.15) is 35.6 Å². The minimum atomic E-state index is -0.271. The first-order valence-electron chi connectivity index (χ1n) is 8.74. The summed E-state index contributed by atoms with van der Waals surface area (Å²) in [6, 6.07) is 6.48. The highest BCUT2D eigenvalue weighted by Gasteiger charge is 2.31. The molecule has 1 aliphatic carbocycles. The highest BCUT2D eigenvalue weighted by atomic mass is 19.1. The number of aromatic nitrogens is 2. The van der Waals surface area contributed by atoms with Crippen molar-refractivity contribution >= 4 is 5.91 Å². The third-order valence-corrected chi connectivity index (χ3v) is 4.74. The first-order valence-corrected chi connectivity index (χ1v) is 8.74. The number of hydrogen-bond acceptors (Lipinski definition) is 3. The molecule has 1 heterocycles. The Hall–Kier alpha value is -2.21. The number of H-pyrrole nitrogens is 1. The molecule has 1 aromatic heterocycles. The third-order valence-electron chi connectivity index (χ3n) is 4.74. The van der Waals surface area contributed by atoms with Gasteiger partial charge in [-0.2, -0.15) is 5.10 Å². The van der Waals surface area contributed by atoms with Crippen molar-refractivity contribution in [1.82, 2.24) is 20.0 Å². The summed E-state index contributed by atoms with van der Waals surface area (Å²) in [5, 5.41) is 7.12. The van der Waals surface area contributed by atoms with Crippen LogP contribution >= 0.6 is 0 Å². The summed E-state index contributed by atoms with van der Waals surface area (Å²) in [5.41, 5.74) is 2.91. The molecule has 1 atom stereocenters. The molecular weight excluding hydrogens is 319 g/mol. The quantitative estimate of drug-likeness (QED) is 0.876. The van der Waals surface area contributed by atoms with Gasteiger partial charge in [-0.25, -0.2) is 4.39 Å². The molecule has 0 saturated carbocycles. The van der Waals surface area contributed by atoms with E-state index in [9.17, 15) is 9.18 Å². The average Bonchev–Trinajstić information content (AvgIpc) is 3.06. The lowest BCUT2D eigenvalue weighted by molar-refractivity contribution is -0.134. The smallest absolute Gasteiger partial charge is 0.230 e. The van der Waals surface area contributed by atoms with Crippen LogP contribution in [0.2, 0.25) is 0 Å². The maximum atomic E-state index is 13.5. The summed E-state index contributed by atoms with van der Waals surface area (Å²) in [5.74, 6) is -0.320. The molecule has 134 valence electrons. The minimum absolute atomic E-state index is 0.105. The Morgan fingerprint density at radius 2 is 2.20 bits per heavy atom. The molecule has 0 fully saturated rings. The molecule has 1 aromatic carbocycles. The fourth-order valence-electron chi connectivity index (χ4n) is 3.38. The monoisotopic (exact) mass is 344 g/mol. The molecule has 25 heavy (non-hydrogen) atoms. The first-order chi connectivity index (χ1) is 12.0. The molecule has 0 radical (unpaired) electrons. The van der Waals surface area contributed by atoms with E-state index in [-0.39, 0.29) is 17.6 Å². The van der Waals surface area contributed by atoms with Gasteiger partial charge in [0.2, 0.25) is 5.91 Å². The minimum Gasteiger partial charge on any atom is -0.337 e. The highest BCUT2D eigenvalue weighted by Crippen LogP contribution is 2.32. The Balaban J connectivity index is 1.80. The zero-order valence-corrected chi connectivity index (χ0v) is 14.8. The summed E-state index contributed by atoms with van der Waals surface area (Å²) in [6.07, 6.45) is 4.55. The van der Waals surface area contributed by atoms with Crippen LogP contribution in [0.25, 0.3) is 0 Å². The molecule has 6 heteroatoms. The lowest BCUT2D eigenvalue weighted by Gasteiger charge is -2.30. The van der Waals surface area contributed by atoms with Crippen LogP contribution in [-0.2, 0) is 17.8 Å². The second-order valence-electron chi connectivity index (χ2n) is 6.94. The van der Waals surface area contributed by atoms with E-state index in [0.717, 1.165) is 42.6 Å². The van der Waals surface area contributed by atoms with Crippen molar-refractivity contribution in [3.05, 3.63) is 53.1 Å². The second kappa shape index (κ2) is 7.78. The van der Waals surface area contributed by atoms with Gasteiger partial charge in [0.1, 0.15) is 5.82 Å². The number of likely N-dealkylation sites (N-methyl/N-ethyl adjacent to an activating group) is 1. The first kappa shape index (κ1) is 17.6. The number of halogens is 1. The molecule has 1 N–H and O–H groups in total. The van der Waals surface area contributed by atoms with E-state index in [1.165, 1.54) is 12.1 Å². The molecule has 0 saturated heterocycles. The van der Waals surface area contributed by atoms with Gasteiger partial charge in [-0.3, -0.25) is 9.89 Å². The summed E-state index contributed by atoms with van der Waals surface area (Å²) in [7, 11) is 3.97. The fourth-order valence-corrected chi connectivity index (χ4v) is 3.38. The lowest BCUT2D eigenvalue weighted by atomic mass is 9.86. The van der Waals surface area contributed by atoms with Crippen LogP contribution in [0.4, 0.5) is 4.39 Å². The second-order valence-corrected chi connectivity index (χ2v) is 6.94. The van der Waals surface area contributed by atoms with E-state index >= 15 is 0 Å². The van der Waals surface area contributed by atoms with Crippen molar-refractivity contribution in [1.29, 1.82) is 0 Å².